The smallest absolute Gasteiger partial charge is 0.224 e. The molecule has 1 fully saturated rings. The number of hydrogen-bond acceptors (Lipinski definition) is 2. The molecule has 4 heteroatoms. The quantitative estimate of drug-likeness (QED) is 0.886. The maximum absolute atomic E-state index is 11.7. The van der Waals surface area contributed by atoms with Crippen molar-refractivity contribution < 1.29 is 9.90 Å². The molecule has 1 aromatic rings. The normalized spacial score (nSPS) is 16.1. The Morgan fingerprint density at radius 2 is 2.11 bits per heavy atom. The first kappa shape index (κ1) is 13.9. The molecule has 0 atom stereocenters. The van der Waals surface area contributed by atoms with Crippen LogP contribution in [0.1, 0.15) is 37.7 Å². The molecule has 1 aliphatic rings. The van der Waals surface area contributed by atoms with Crippen LogP contribution in [0, 0.1) is 0 Å². The van der Waals surface area contributed by atoms with E-state index in [1.54, 1.807) is 24.3 Å². The number of carbonyl (C=O) groups is 1. The largest absolute Gasteiger partial charge is 0.508 e. The topological polar surface area (TPSA) is 49.3 Å². The van der Waals surface area contributed by atoms with Crippen LogP contribution in [0.25, 0.3) is 6.08 Å². The van der Waals surface area contributed by atoms with Crippen LogP contribution in [-0.2, 0) is 4.79 Å². The van der Waals surface area contributed by atoms with E-state index in [1.165, 1.54) is 18.9 Å². The molecular weight excluding hydrogens is 262 g/mol. The molecule has 0 radical (unpaired) electrons. The lowest BCUT2D eigenvalue weighted by atomic mass is 10.2. The maximum atomic E-state index is 11.7. The monoisotopic (exact) mass is 279 g/mol. The molecule has 19 heavy (non-hydrogen) atoms. The van der Waals surface area contributed by atoms with Crippen LogP contribution in [0.3, 0.4) is 0 Å². The summed E-state index contributed by atoms with van der Waals surface area (Å²) in [4.78, 5) is 11.7. The molecule has 3 nitrogen and oxygen atoms in total. The van der Waals surface area contributed by atoms with Gasteiger partial charge in [-0.05, 0) is 36.6 Å². The fourth-order valence-electron chi connectivity index (χ4n) is 2.35. The van der Waals surface area contributed by atoms with E-state index in [9.17, 15) is 9.90 Å². The Labute approximate surface area is 118 Å². The summed E-state index contributed by atoms with van der Waals surface area (Å²) in [6, 6.07) is 5.19. The molecule has 0 spiro atoms. The van der Waals surface area contributed by atoms with Crippen molar-refractivity contribution in [1.29, 1.82) is 0 Å². The van der Waals surface area contributed by atoms with Gasteiger partial charge in [0.2, 0.25) is 5.91 Å². The number of benzene rings is 1. The van der Waals surface area contributed by atoms with Crippen LogP contribution in [0.15, 0.2) is 24.3 Å². The van der Waals surface area contributed by atoms with E-state index >= 15 is 0 Å². The van der Waals surface area contributed by atoms with Gasteiger partial charge in [0, 0.05) is 17.5 Å². The number of phenols is 1. The second kappa shape index (κ2) is 6.62. The maximum Gasteiger partial charge on any atom is 0.224 e. The van der Waals surface area contributed by atoms with Crippen LogP contribution >= 0.6 is 11.6 Å². The highest BCUT2D eigenvalue weighted by molar-refractivity contribution is 6.30. The highest BCUT2D eigenvalue weighted by atomic mass is 35.5. The summed E-state index contributed by atoms with van der Waals surface area (Å²) in [5.41, 5.74) is 0.790. The van der Waals surface area contributed by atoms with Crippen LogP contribution in [0.4, 0.5) is 0 Å². The van der Waals surface area contributed by atoms with Crippen molar-refractivity contribution in [3.8, 4) is 5.75 Å². The number of amides is 1. The number of hydrogen-bond donors (Lipinski definition) is 2. The Morgan fingerprint density at radius 3 is 2.79 bits per heavy atom. The van der Waals surface area contributed by atoms with Crippen molar-refractivity contribution in [3.05, 3.63) is 34.9 Å². The van der Waals surface area contributed by atoms with Gasteiger partial charge in [0.25, 0.3) is 0 Å². The fraction of sp³-hybridized carbons (Fsp3) is 0.400. The Kier molecular flexibility index (Phi) is 4.86. The molecular formula is C15H18ClNO2. The Bertz CT molecular complexity index is 459. The lowest BCUT2D eigenvalue weighted by molar-refractivity contribution is -0.120. The molecule has 0 heterocycles. The third-order valence-corrected chi connectivity index (χ3v) is 3.46. The first-order valence-corrected chi connectivity index (χ1v) is 6.97. The van der Waals surface area contributed by atoms with Crippen molar-refractivity contribution in [1.82, 2.24) is 5.32 Å². The lowest BCUT2D eigenvalue weighted by Gasteiger charge is -2.10. The number of rotatable bonds is 4. The van der Waals surface area contributed by atoms with Crippen LogP contribution in [0.2, 0.25) is 5.02 Å². The van der Waals surface area contributed by atoms with E-state index < -0.39 is 0 Å². The van der Waals surface area contributed by atoms with E-state index in [0.29, 0.717) is 17.5 Å². The lowest BCUT2D eigenvalue weighted by Crippen LogP contribution is -2.31. The van der Waals surface area contributed by atoms with E-state index in [-0.39, 0.29) is 11.7 Å². The van der Waals surface area contributed by atoms with E-state index in [0.717, 1.165) is 18.4 Å². The van der Waals surface area contributed by atoms with Gasteiger partial charge in [-0.1, -0.05) is 36.6 Å². The Morgan fingerprint density at radius 1 is 1.37 bits per heavy atom. The van der Waals surface area contributed by atoms with E-state index in [4.69, 9.17) is 11.6 Å². The van der Waals surface area contributed by atoms with Crippen LogP contribution in [0.5, 0.6) is 5.75 Å². The summed E-state index contributed by atoms with van der Waals surface area (Å²) >= 11 is 5.83. The minimum absolute atomic E-state index is 0.0504. The molecule has 0 bridgehead atoms. The predicted octanol–water partition coefficient (Wildman–Crippen LogP) is 3.51. The van der Waals surface area contributed by atoms with Crippen molar-refractivity contribution in [2.45, 2.75) is 38.1 Å². The molecule has 1 saturated carbocycles. The van der Waals surface area contributed by atoms with Gasteiger partial charge in [0.15, 0.2) is 0 Å². The number of nitrogens with one attached hydrogen (secondary N) is 1. The van der Waals surface area contributed by atoms with Gasteiger partial charge in [0.1, 0.15) is 5.75 Å². The molecule has 1 aromatic carbocycles. The minimum Gasteiger partial charge on any atom is -0.508 e. The summed E-state index contributed by atoms with van der Waals surface area (Å²) in [5.74, 6) is 0.178. The van der Waals surface area contributed by atoms with Gasteiger partial charge in [-0.3, -0.25) is 4.79 Å². The average molecular weight is 280 g/mol. The first-order valence-electron chi connectivity index (χ1n) is 6.59. The molecule has 102 valence electrons. The summed E-state index contributed by atoms with van der Waals surface area (Å²) in [6.45, 7) is 0. The third-order valence-electron chi connectivity index (χ3n) is 3.24. The molecule has 0 aliphatic heterocycles. The highest BCUT2D eigenvalue weighted by Gasteiger charge is 2.15. The molecule has 0 aromatic heterocycles. The number of phenolic OH excluding ortho intramolecular Hbond substituents is 1. The van der Waals surface area contributed by atoms with Gasteiger partial charge < -0.3 is 10.4 Å². The number of aromatic hydroxyl groups is 1. The summed E-state index contributed by atoms with van der Waals surface area (Å²) < 4.78 is 0. The Hall–Kier alpha value is -1.48. The molecule has 1 aliphatic carbocycles. The molecule has 2 N–H and O–H groups in total. The number of carbonyl (C=O) groups excluding carboxylic acids is 1. The SMILES string of the molecule is O=C(CC=Cc1cc(O)cc(Cl)c1)NC1CCCC1. The van der Waals surface area contributed by atoms with Crippen molar-refractivity contribution in [2.75, 3.05) is 0 Å². The van der Waals surface area contributed by atoms with Gasteiger partial charge in [-0.25, -0.2) is 0 Å². The average Bonchev–Trinajstić information content (AvgIpc) is 2.80. The van der Waals surface area contributed by atoms with Crippen molar-refractivity contribution in [3.63, 3.8) is 0 Å². The van der Waals surface area contributed by atoms with Crippen molar-refractivity contribution >= 4 is 23.6 Å². The standard InChI is InChI=1S/C15H18ClNO2/c16-12-8-11(9-14(18)10-12)4-3-7-15(19)17-13-5-1-2-6-13/h3-4,8-10,13,18H,1-2,5-7H2,(H,17,19). The Balaban J connectivity index is 1.83. The molecule has 1 amide bonds. The fourth-order valence-corrected chi connectivity index (χ4v) is 2.59. The van der Waals surface area contributed by atoms with Gasteiger partial charge in [-0.15, -0.1) is 0 Å². The van der Waals surface area contributed by atoms with Gasteiger partial charge in [-0.2, -0.15) is 0 Å². The third kappa shape index (κ3) is 4.60. The second-order valence-electron chi connectivity index (χ2n) is 4.90. The second-order valence-corrected chi connectivity index (χ2v) is 5.33. The molecule has 0 saturated heterocycles. The summed E-state index contributed by atoms with van der Waals surface area (Å²) in [5, 5.41) is 12.9. The first-order chi connectivity index (χ1) is 9.13. The van der Waals surface area contributed by atoms with Crippen LogP contribution in [-0.4, -0.2) is 17.1 Å². The van der Waals surface area contributed by atoms with Crippen LogP contribution < -0.4 is 5.32 Å². The highest BCUT2D eigenvalue weighted by Crippen LogP contribution is 2.21. The predicted molar refractivity (Wildman–Crippen MR) is 77.2 cm³/mol. The summed E-state index contributed by atoms with van der Waals surface area (Å²) in [7, 11) is 0. The van der Waals surface area contributed by atoms with Gasteiger partial charge in [0.05, 0.1) is 0 Å². The van der Waals surface area contributed by atoms with Gasteiger partial charge >= 0.3 is 0 Å². The summed E-state index contributed by atoms with van der Waals surface area (Å²) in [6.07, 6.45) is 8.54. The zero-order valence-electron chi connectivity index (χ0n) is 10.7. The zero-order valence-corrected chi connectivity index (χ0v) is 11.5. The van der Waals surface area contributed by atoms with E-state index in [2.05, 4.69) is 5.32 Å². The zero-order chi connectivity index (χ0) is 13.7. The number of halogens is 1. The molecule has 2 rings (SSSR count). The minimum atomic E-state index is 0.0504. The van der Waals surface area contributed by atoms with Crippen molar-refractivity contribution in [2.24, 2.45) is 0 Å². The van der Waals surface area contributed by atoms with E-state index in [1.807, 2.05) is 0 Å². The molecule has 0 unspecified atom stereocenters.